The van der Waals surface area contributed by atoms with Crippen molar-refractivity contribution in [3.63, 3.8) is 0 Å². The molecule has 3 aromatic heterocycles. The van der Waals surface area contributed by atoms with Gasteiger partial charge in [0.05, 0.1) is 30.2 Å². The maximum Gasteiger partial charge on any atom is 0.257 e. The first-order valence-electron chi connectivity index (χ1n) is 9.83. The van der Waals surface area contributed by atoms with E-state index < -0.39 is 0 Å². The Balaban J connectivity index is 1.50. The van der Waals surface area contributed by atoms with E-state index in [1.54, 1.807) is 10.6 Å². The van der Waals surface area contributed by atoms with Gasteiger partial charge in [-0.25, -0.2) is 13.9 Å². The molecule has 1 amide bonds. The summed E-state index contributed by atoms with van der Waals surface area (Å²) in [6.07, 6.45) is 4.59. The van der Waals surface area contributed by atoms with Gasteiger partial charge in [-0.05, 0) is 42.4 Å². The summed E-state index contributed by atoms with van der Waals surface area (Å²) in [7, 11) is 0. The fourth-order valence-electron chi connectivity index (χ4n) is 5.53. The molecule has 6 heterocycles. The van der Waals surface area contributed by atoms with Crippen LogP contribution < -0.4 is 10.2 Å². The molecule has 0 radical (unpaired) electrons. The van der Waals surface area contributed by atoms with E-state index in [1.165, 1.54) is 12.4 Å². The zero-order valence-corrected chi connectivity index (χ0v) is 15.6. The Morgan fingerprint density at radius 1 is 1.24 bits per heavy atom. The summed E-state index contributed by atoms with van der Waals surface area (Å²) < 4.78 is 15.9. The second kappa shape index (κ2) is 4.82. The number of anilines is 1. The molecule has 2 saturated heterocycles. The van der Waals surface area contributed by atoms with Crippen LogP contribution in [0.5, 0.6) is 0 Å². The van der Waals surface area contributed by atoms with E-state index in [0.29, 0.717) is 46.3 Å². The second-order valence-electron chi connectivity index (χ2n) is 8.50. The number of pyridine rings is 1. The summed E-state index contributed by atoms with van der Waals surface area (Å²) >= 11 is 0. The van der Waals surface area contributed by atoms with Gasteiger partial charge in [0, 0.05) is 17.8 Å². The van der Waals surface area contributed by atoms with Crippen LogP contribution in [0.1, 0.15) is 34.6 Å². The average molecular weight is 388 g/mol. The van der Waals surface area contributed by atoms with Crippen LogP contribution in [0.25, 0.3) is 11.2 Å². The minimum absolute atomic E-state index is 0.0219. The molecule has 29 heavy (non-hydrogen) atoms. The van der Waals surface area contributed by atoms with E-state index in [2.05, 4.69) is 26.9 Å². The maximum atomic E-state index is 14.3. The lowest BCUT2D eigenvalue weighted by atomic mass is 9.93. The molecule has 5 aliphatic rings. The van der Waals surface area contributed by atoms with E-state index in [-0.39, 0.29) is 23.8 Å². The van der Waals surface area contributed by atoms with E-state index in [0.717, 1.165) is 11.4 Å². The Hall–Kier alpha value is -3.29. The molecular weight excluding hydrogens is 371 g/mol. The molecule has 4 bridgehead atoms. The van der Waals surface area contributed by atoms with Gasteiger partial charge in [0.2, 0.25) is 0 Å². The van der Waals surface area contributed by atoms with E-state index in [9.17, 15) is 9.18 Å². The highest BCUT2D eigenvalue weighted by Gasteiger charge is 2.84. The van der Waals surface area contributed by atoms with Crippen LogP contribution in [0.4, 0.5) is 10.2 Å². The van der Waals surface area contributed by atoms with Crippen molar-refractivity contribution >= 4 is 22.9 Å². The fourth-order valence-corrected chi connectivity index (χ4v) is 5.53. The van der Waals surface area contributed by atoms with Crippen molar-refractivity contribution in [2.75, 3.05) is 4.90 Å². The number of halogens is 1. The lowest BCUT2D eigenvalue weighted by Crippen LogP contribution is -2.34. The Morgan fingerprint density at radius 3 is 2.90 bits per heavy atom. The molecule has 7 nitrogen and oxygen atoms in total. The average Bonchev–Trinajstić information content (AvgIpc) is 3.44. The first-order valence-corrected chi connectivity index (χ1v) is 9.83. The monoisotopic (exact) mass is 388 g/mol. The van der Waals surface area contributed by atoms with Crippen LogP contribution in [0, 0.1) is 23.6 Å². The first kappa shape index (κ1) is 15.6. The number of carbonyl (C=O) groups is 1. The van der Waals surface area contributed by atoms with Gasteiger partial charge in [-0.2, -0.15) is 5.10 Å². The second-order valence-corrected chi connectivity index (χ2v) is 8.50. The van der Waals surface area contributed by atoms with Crippen LogP contribution in [0.2, 0.25) is 0 Å². The molecule has 6 atom stereocenters. The lowest BCUT2D eigenvalue weighted by Gasteiger charge is -2.29. The van der Waals surface area contributed by atoms with E-state index in [4.69, 9.17) is 4.98 Å². The lowest BCUT2D eigenvalue weighted by molar-refractivity contribution is 0.0949. The third-order valence-corrected chi connectivity index (χ3v) is 7.07. The predicted molar refractivity (Wildman–Crippen MR) is 103 cm³/mol. The normalized spacial score (nSPS) is 33.5. The summed E-state index contributed by atoms with van der Waals surface area (Å²) in [6.45, 7) is 6.06. The SMILES string of the molecule is C=C1c2ncc(F)cc2[C@H]2C3C4C([C@@H]43)N2c2ccn3ncc(c3n2)C(=O)N[C@@H]1C. The van der Waals surface area contributed by atoms with Crippen molar-refractivity contribution in [2.24, 2.45) is 17.8 Å². The van der Waals surface area contributed by atoms with E-state index >= 15 is 0 Å². The van der Waals surface area contributed by atoms with Gasteiger partial charge in [-0.3, -0.25) is 9.78 Å². The van der Waals surface area contributed by atoms with Gasteiger partial charge < -0.3 is 10.2 Å². The van der Waals surface area contributed by atoms with E-state index in [1.807, 2.05) is 19.2 Å². The molecule has 2 aliphatic carbocycles. The molecule has 144 valence electrons. The number of amides is 1. The van der Waals surface area contributed by atoms with Crippen LogP contribution in [0.3, 0.4) is 0 Å². The van der Waals surface area contributed by atoms with Gasteiger partial charge in [-0.1, -0.05) is 6.58 Å². The highest BCUT2D eigenvalue weighted by Crippen LogP contribution is 2.82. The van der Waals surface area contributed by atoms with Crippen LogP contribution >= 0.6 is 0 Å². The summed E-state index contributed by atoms with van der Waals surface area (Å²) in [5, 5.41) is 7.24. The molecule has 8 rings (SSSR count). The molecule has 3 aliphatic heterocycles. The Morgan fingerprint density at radius 2 is 2.07 bits per heavy atom. The molecular formula is C21H17FN6O. The quantitative estimate of drug-likeness (QED) is 0.639. The summed E-state index contributed by atoms with van der Waals surface area (Å²) in [4.78, 5) is 24.4. The largest absolute Gasteiger partial charge is 0.345 e. The number of hydrogen-bond donors (Lipinski definition) is 1. The highest BCUT2D eigenvalue weighted by atomic mass is 19.1. The van der Waals surface area contributed by atoms with Crippen LogP contribution in [0.15, 0.2) is 37.3 Å². The van der Waals surface area contributed by atoms with Gasteiger partial charge in [0.1, 0.15) is 17.2 Å². The van der Waals surface area contributed by atoms with Crippen molar-refractivity contribution in [3.8, 4) is 0 Å². The first-order chi connectivity index (χ1) is 14.0. The number of aromatic nitrogens is 4. The van der Waals surface area contributed by atoms with Gasteiger partial charge in [0.25, 0.3) is 5.91 Å². The number of hydrogen-bond acceptors (Lipinski definition) is 5. The number of nitrogens with zero attached hydrogens (tertiary/aromatic N) is 5. The summed E-state index contributed by atoms with van der Waals surface area (Å²) in [6, 6.07) is 3.59. The fraction of sp³-hybridized carbons (Fsp3) is 0.333. The third-order valence-electron chi connectivity index (χ3n) is 7.07. The smallest absolute Gasteiger partial charge is 0.257 e. The maximum absolute atomic E-state index is 14.3. The summed E-state index contributed by atoms with van der Waals surface area (Å²) in [5.41, 5.74) is 3.12. The Kier molecular flexibility index (Phi) is 2.59. The predicted octanol–water partition coefficient (Wildman–Crippen LogP) is 2.21. The molecule has 3 unspecified atom stereocenters. The molecule has 3 aromatic rings. The molecule has 4 fully saturated rings. The highest BCUT2D eigenvalue weighted by molar-refractivity contribution is 6.00. The Bertz CT molecular complexity index is 1260. The van der Waals surface area contributed by atoms with Crippen molar-refractivity contribution in [2.45, 2.75) is 25.0 Å². The van der Waals surface area contributed by atoms with Crippen molar-refractivity contribution < 1.29 is 9.18 Å². The summed E-state index contributed by atoms with van der Waals surface area (Å²) in [5.74, 6) is 1.97. The molecule has 0 aromatic carbocycles. The van der Waals surface area contributed by atoms with Crippen molar-refractivity contribution in [3.05, 3.63) is 59.9 Å². The van der Waals surface area contributed by atoms with Gasteiger partial charge in [0.15, 0.2) is 5.65 Å². The van der Waals surface area contributed by atoms with Crippen molar-refractivity contribution in [1.82, 2.24) is 24.9 Å². The van der Waals surface area contributed by atoms with Crippen LogP contribution in [-0.2, 0) is 0 Å². The number of piperidine rings is 1. The zero-order chi connectivity index (χ0) is 19.6. The minimum atomic E-state index is -0.367. The number of nitrogens with one attached hydrogen (secondary N) is 1. The number of carbonyl (C=O) groups excluding carboxylic acids is 1. The number of fused-ring (bicyclic) bond motifs is 2. The molecule has 8 heteroatoms. The minimum Gasteiger partial charge on any atom is -0.345 e. The molecule has 0 spiro atoms. The topological polar surface area (TPSA) is 75.4 Å². The number of rotatable bonds is 0. The molecule has 2 saturated carbocycles. The van der Waals surface area contributed by atoms with Gasteiger partial charge in [-0.15, -0.1) is 0 Å². The van der Waals surface area contributed by atoms with Crippen LogP contribution in [-0.4, -0.2) is 37.6 Å². The Labute approximate surface area is 165 Å². The third kappa shape index (κ3) is 1.82. The standard InChI is InChI=1S/C21H17FN6O/c1-8-9(2)25-21(29)12-7-24-27-4-3-13(26-20(12)27)28-18(14-15-16(14)19(15)28)11-5-10(22)6-23-17(8)11/h3-7,9,14-16,18-19H,1H2,2H3,(H,25,29)/t9-,14?,15-,16?,18+,19?/m1/s1. The van der Waals surface area contributed by atoms with Crippen molar-refractivity contribution in [1.29, 1.82) is 0 Å². The van der Waals surface area contributed by atoms with Gasteiger partial charge >= 0.3 is 0 Å². The zero-order valence-electron chi connectivity index (χ0n) is 15.6. The molecule has 1 N–H and O–H groups in total.